The van der Waals surface area contributed by atoms with Crippen LogP contribution in [0.5, 0.6) is 0 Å². The number of nitrogens with two attached hydrogens (primary N) is 6. The normalized spacial score (nSPS) is 13.8. The highest BCUT2D eigenvalue weighted by Crippen LogP contribution is 2.08. The van der Waals surface area contributed by atoms with Crippen LogP contribution in [0.15, 0.2) is 9.98 Å². The molecular weight excluding hydrogens is 522 g/mol. The highest BCUT2D eigenvalue weighted by molar-refractivity contribution is 5.94. The van der Waals surface area contributed by atoms with Crippen molar-refractivity contribution >= 4 is 35.6 Å². The summed E-state index contributed by atoms with van der Waals surface area (Å²) in [6.07, 6.45) is 2.84. The number of carboxylic acids is 1. The second-order valence-corrected chi connectivity index (χ2v) is 9.94. The summed E-state index contributed by atoms with van der Waals surface area (Å²) < 4.78 is 0. The molecule has 0 bridgehead atoms. The maximum Gasteiger partial charge on any atom is 0.326 e. The van der Waals surface area contributed by atoms with E-state index >= 15 is 0 Å². The average molecular weight is 572 g/mol. The van der Waals surface area contributed by atoms with Gasteiger partial charge in [0.1, 0.15) is 18.1 Å². The molecular formula is C24H49N11O5. The topological polar surface area (TPSA) is 305 Å². The molecule has 0 heterocycles. The predicted molar refractivity (Wildman–Crippen MR) is 154 cm³/mol. The molecule has 0 radical (unpaired) electrons. The minimum atomic E-state index is -1.19. The molecule has 16 N–H and O–H groups in total. The molecule has 16 heteroatoms. The van der Waals surface area contributed by atoms with Gasteiger partial charge in [-0.1, -0.05) is 20.3 Å². The highest BCUT2D eigenvalue weighted by atomic mass is 16.4. The van der Waals surface area contributed by atoms with Crippen LogP contribution in [-0.4, -0.2) is 84.5 Å². The largest absolute Gasteiger partial charge is 0.480 e. The maximum absolute atomic E-state index is 13.3. The maximum atomic E-state index is 13.3. The van der Waals surface area contributed by atoms with Crippen molar-refractivity contribution < 1.29 is 24.3 Å². The average Bonchev–Trinajstić information content (AvgIpc) is 2.86. The van der Waals surface area contributed by atoms with Crippen molar-refractivity contribution in [2.45, 2.75) is 89.4 Å². The number of nitrogens with zero attached hydrogens (tertiary/aromatic N) is 2. The van der Waals surface area contributed by atoms with Crippen LogP contribution < -0.4 is 50.4 Å². The van der Waals surface area contributed by atoms with Gasteiger partial charge in [-0.05, 0) is 57.4 Å². The number of aliphatic carboxylic acids is 1. The fraction of sp³-hybridized carbons (Fsp3) is 0.750. The molecule has 4 atom stereocenters. The molecule has 0 fully saturated rings. The van der Waals surface area contributed by atoms with Crippen molar-refractivity contribution in [3.05, 3.63) is 0 Å². The monoisotopic (exact) mass is 571 g/mol. The molecule has 0 aromatic carbocycles. The standard InChI is InChI=1S/C24H49N11O5/c1-14(2)13-18(22(39)40)35-21(38)17(9-6-12-32-24(29)30)34-20(37)16(8-5-11-31-23(27)28)33-19(36)15(26)7-3-4-10-25/h14-18H,3-13,25-26H2,1-2H3,(H,33,36)(H,34,37)(H,35,38)(H,39,40)(H4,27,28,31)(H4,29,30,32)/t15-,16-,17-,18-/m0/s1. The molecule has 0 rings (SSSR count). The van der Waals surface area contributed by atoms with Gasteiger partial charge >= 0.3 is 5.97 Å². The lowest BCUT2D eigenvalue weighted by Crippen LogP contribution is -2.57. The Morgan fingerprint density at radius 1 is 0.700 bits per heavy atom. The first-order chi connectivity index (χ1) is 18.8. The number of rotatable bonds is 21. The first-order valence-corrected chi connectivity index (χ1v) is 13.5. The van der Waals surface area contributed by atoms with Crippen molar-refractivity contribution in [1.29, 1.82) is 0 Å². The van der Waals surface area contributed by atoms with Crippen LogP contribution in [0, 0.1) is 5.92 Å². The lowest BCUT2D eigenvalue weighted by molar-refractivity contribution is -0.142. The van der Waals surface area contributed by atoms with Crippen LogP contribution in [0.2, 0.25) is 0 Å². The van der Waals surface area contributed by atoms with Gasteiger partial charge in [0.25, 0.3) is 0 Å². The third-order valence-corrected chi connectivity index (χ3v) is 5.78. The van der Waals surface area contributed by atoms with Gasteiger partial charge in [-0.2, -0.15) is 0 Å². The zero-order chi connectivity index (χ0) is 30.7. The number of hydrogen-bond donors (Lipinski definition) is 10. The molecule has 40 heavy (non-hydrogen) atoms. The summed E-state index contributed by atoms with van der Waals surface area (Å²) in [7, 11) is 0. The molecule has 0 aliphatic heterocycles. The van der Waals surface area contributed by atoms with Gasteiger partial charge in [-0.15, -0.1) is 0 Å². The van der Waals surface area contributed by atoms with Gasteiger partial charge in [0.05, 0.1) is 6.04 Å². The molecule has 0 spiro atoms. The van der Waals surface area contributed by atoms with Crippen LogP contribution in [0.1, 0.15) is 65.2 Å². The van der Waals surface area contributed by atoms with Gasteiger partial charge in [0, 0.05) is 13.1 Å². The van der Waals surface area contributed by atoms with Crippen molar-refractivity contribution in [2.24, 2.45) is 50.3 Å². The Hall–Kier alpha value is -3.66. The summed E-state index contributed by atoms with van der Waals surface area (Å²) in [6, 6.07) is -4.18. The minimum absolute atomic E-state index is 0.00446. The van der Waals surface area contributed by atoms with E-state index in [0.29, 0.717) is 38.6 Å². The van der Waals surface area contributed by atoms with Gasteiger partial charge < -0.3 is 55.5 Å². The summed E-state index contributed by atoms with van der Waals surface area (Å²) in [6.45, 7) is 4.52. The van der Waals surface area contributed by atoms with E-state index in [1.807, 2.05) is 13.8 Å². The Morgan fingerprint density at radius 2 is 1.15 bits per heavy atom. The van der Waals surface area contributed by atoms with E-state index in [9.17, 15) is 24.3 Å². The summed E-state index contributed by atoms with van der Waals surface area (Å²) in [4.78, 5) is 58.6. The van der Waals surface area contributed by atoms with E-state index in [1.165, 1.54) is 0 Å². The number of carbonyl (C=O) groups is 4. The van der Waals surface area contributed by atoms with Gasteiger partial charge in [0.2, 0.25) is 17.7 Å². The molecule has 3 amide bonds. The molecule has 0 unspecified atom stereocenters. The fourth-order valence-corrected chi connectivity index (χ4v) is 3.70. The smallest absolute Gasteiger partial charge is 0.326 e. The van der Waals surface area contributed by atoms with E-state index in [0.717, 1.165) is 0 Å². The number of amides is 3. The Morgan fingerprint density at radius 3 is 1.55 bits per heavy atom. The molecule has 0 aromatic rings. The van der Waals surface area contributed by atoms with E-state index in [-0.39, 0.29) is 50.2 Å². The van der Waals surface area contributed by atoms with Crippen LogP contribution in [-0.2, 0) is 19.2 Å². The van der Waals surface area contributed by atoms with Crippen LogP contribution >= 0.6 is 0 Å². The summed E-state index contributed by atoms with van der Waals surface area (Å²) >= 11 is 0. The first kappa shape index (κ1) is 36.3. The number of unbranched alkanes of at least 4 members (excludes halogenated alkanes) is 1. The number of guanidine groups is 2. The Balaban J connectivity index is 5.73. The highest BCUT2D eigenvalue weighted by Gasteiger charge is 2.30. The lowest BCUT2D eigenvalue weighted by atomic mass is 10.0. The lowest BCUT2D eigenvalue weighted by Gasteiger charge is -2.25. The molecule has 0 saturated carbocycles. The number of nitrogens with one attached hydrogen (secondary N) is 3. The number of hydrogen-bond acceptors (Lipinski definition) is 8. The number of aliphatic imine (C=N–C) groups is 2. The number of carboxylic acid groups (broad SMARTS) is 1. The summed E-state index contributed by atoms with van der Waals surface area (Å²) in [5.41, 5.74) is 32.9. The first-order valence-electron chi connectivity index (χ1n) is 13.5. The minimum Gasteiger partial charge on any atom is -0.480 e. The van der Waals surface area contributed by atoms with Gasteiger partial charge in [-0.25, -0.2) is 4.79 Å². The van der Waals surface area contributed by atoms with Gasteiger partial charge in [-0.3, -0.25) is 24.4 Å². The van der Waals surface area contributed by atoms with Crippen molar-refractivity contribution in [3.63, 3.8) is 0 Å². The Kier molecular flexibility index (Phi) is 18.4. The zero-order valence-corrected chi connectivity index (χ0v) is 23.6. The summed E-state index contributed by atoms with van der Waals surface area (Å²) in [5, 5.41) is 17.3. The Labute approximate surface area is 235 Å². The van der Waals surface area contributed by atoms with Crippen LogP contribution in [0.4, 0.5) is 0 Å². The fourth-order valence-electron chi connectivity index (χ4n) is 3.70. The Bertz CT molecular complexity index is 858. The van der Waals surface area contributed by atoms with Gasteiger partial charge in [0.15, 0.2) is 11.9 Å². The second-order valence-electron chi connectivity index (χ2n) is 9.94. The SMILES string of the molecule is CC(C)C[C@H](NC(=O)[C@H](CCCN=C(N)N)NC(=O)[C@H](CCCN=C(N)N)NC(=O)[C@@H](N)CCCCN)C(=O)O. The number of carbonyl (C=O) groups excluding carboxylic acids is 3. The van der Waals surface area contributed by atoms with E-state index in [1.54, 1.807) is 0 Å². The van der Waals surface area contributed by atoms with Crippen molar-refractivity contribution in [2.75, 3.05) is 19.6 Å². The quantitative estimate of drug-likeness (QED) is 0.0379. The molecule has 0 aliphatic carbocycles. The summed E-state index contributed by atoms with van der Waals surface area (Å²) in [5.74, 6) is -3.30. The van der Waals surface area contributed by atoms with Crippen molar-refractivity contribution in [3.8, 4) is 0 Å². The molecule has 0 aliphatic rings. The third kappa shape index (κ3) is 17.0. The van der Waals surface area contributed by atoms with Crippen LogP contribution in [0.3, 0.4) is 0 Å². The molecule has 0 aromatic heterocycles. The second kappa shape index (κ2) is 20.3. The van der Waals surface area contributed by atoms with E-state index < -0.39 is 47.9 Å². The molecule has 230 valence electrons. The zero-order valence-electron chi connectivity index (χ0n) is 23.6. The molecule has 16 nitrogen and oxygen atoms in total. The van der Waals surface area contributed by atoms with Crippen LogP contribution in [0.25, 0.3) is 0 Å². The molecule has 0 saturated heterocycles. The predicted octanol–water partition coefficient (Wildman–Crippen LogP) is -2.87. The van der Waals surface area contributed by atoms with E-state index in [2.05, 4.69) is 25.9 Å². The van der Waals surface area contributed by atoms with Crippen molar-refractivity contribution in [1.82, 2.24) is 16.0 Å². The third-order valence-electron chi connectivity index (χ3n) is 5.78. The van der Waals surface area contributed by atoms with E-state index in [4.69, 9.17) is 34.4 Å².